The Balaban J connectivity index is 2.00. The number of nitrogens with zero attached hydrogens (tertiary/aromatic N) is 2. The number of hydrogen-bond donors (Lipinski definition) is 1. The van der Waals surface area contributed by atoms with Crippen LogP contribution in [0.4, 0.5) is 19.0 Å². The molecule has 0 amide bonds. The summed E-state index contributed by atoms with van der Waals surface area (Å²) in [6.45, 7) is 2.33. The second-order valence-electron chi connectivity index (χ2n) is 5.62. The van der Waals surface area contributed by atoms with E-state index >= 15 is 0 Å². The number of anilines is 1. The molecular formula is C18H16F3N3O. The largest absolute Gasteiger partial charge is 0.497 e. The van der Waals surface area contributed by atoms with Gasteiger partial charge in [-0.2, -0.15) is 13.2 Å². The lowest BCUT2D eigenvalue weighted by Gasteiger charge is -2.13. The summed E-state index contributed by atoms with van der Waals surface area (Å²) in [7, 11) is 1.45. The molecule has 1 N–H and O–H groups in total. The molecule has 3 aromatic rings. The van der Waals surface area contributed by atoms with Crippen LogP contribution in [0.2, 0.25) is 0 Å². The van der Waals surface area contributed by atoms with Crippen LogP contribution in [0.5, 0.6) is 5.75 Å². The maximum Gasteiger partial charge on any atom is 0.451 e. The van der Waals surface area contributed by atoms with Gasteiger partial charge in [-0.1, -0.05) is 29.8 Å². The van der Waals surface area contributed by atoms with Crippen LogP contribution in [0.25, 0.3) is 10.9 Å². The standard InChI is InChI=1S/C18H16F3N3O/c1-11-3-5-12(6-4-11)10-22-16-14-8-7-13(25-2)9-15(14)23-17(24-16)18(19,20)21/h3-9H,10H2,1-2H3,(H,22,23,24). The second kappa shape index (κ2) is 6.58. The molecule has 0 saturated heterocycles. The molecule has 0 fully saturated rings. The summed E-state index contributed by atoms with van der Waals surface area (Å²) in [5, 5.41) is 3.48. The van der Waals surface area contributed by atoms with Crippen LogP contribution in [0.15, 0.2) is 42.5 Å². The zero-order chi connectivity index (χ0) is 18.0. The average molecular weight is 347 g/mol. The van der Waals surface area contributed by atoms with E-state index in [0.29, 0.717) is 17.7 Å². The fourth-order valence-electron chi connectivity index (χ4n) is 2.39. The van der Waals surface area contributed by atoms with E-state index in [9.17, 15) is 13.2 Å². The van der Waals surface area contributed by atoms with Crippen LogP contribution in [-0.2, 0) is 12.7 Å². The van der Waals surface area contributed by atoms with Crippen molar-refractivity contribution in [1.82, 2.24) is 9.97 Å². The van der Waals surface area contributed by atoms with Gasteiger partial charge in [0.2, 0.25) is 5.82 Å². The molecule has 0 saturated carbocycles. The van der Waals surface area contributed by atoms with Crippen molar-refractivity contribution >= 4 is 16.7 Å². The third kappa shape index (κ3) is 3.81. The van der Waals surface area contributed by atoms with E-state index in [0.717, 1.165) is 11.1 Å². The minimum Gasteiger partial charge on any atom is -0.497 e. The molecule has 0 radical (unpaired) electrons. The van der Waals surface area contributed by atoms with E-state index in [2.05, 4.69) is 15.3 Å². The van der Waals surface area contributed by atoms with Crippen molar-refractivity contribution in [1.29, 1.82) is 0 Å². The predicted octanol–water partition coefficient (Wildman–Crippen LogP) is 4.58. The molecule has 0 aliphatic heterocycles. The summed E-state index contributed by atoms with van der Waals surface area (Å²) in [6, 6.07) is 12.5. The van der Waals surface area contributed by atoms with Crippen LogP contribution in [0.1, 0.15) is 17.0 Å². The highest BCUT2D eigenvalue weighted by atomic mass is 19.4. The summed E-state index contributed by atoms with van der Waals surface area (Å²) in [5.41, 5.74) is 2.23. The molecule has 0 unspecified atom stereocenters. The highest BCUT2D eigenvalue weighted by molar-refractivity contribution is 5.90. The zero-order valence-corrected chi connectivity index (χ0v) is 13.7. The highest BCUT2D eigenvalue weighted by Gasteiger charge is 2.35. The Morgan fingerprint density at radius 2 is 1.76 bits per heavy atom. The van der Waals surface area contributed by atoms with Crippen molar-refractivity contribution in [2.24, 2.45) is 0 Å². The monoisotopic (exact) mass is 347 g/mol. The molecule has 2 aromatic carbocycles. The van der Waals surface area contributed by atoms with E-state index in [4.69, 9.17) is 4.74 Å². The van der Waals surface area contributed by atoms with E-state index in [1.165, 1.54) is 13.2 Å². The fourth-order valence-corrected chi connectivity index (χ4v) is 2.39. The SMILES string of the molecule is COc1ccc2c(NCc3ccc(C)cc3)nc(C(F)(F)F)nc2c1. The Bertz CT molecular complexity index is 892. The number of hydrogen-bond acceptors (Lipinski definition) is 4. The van der Waals surface area contributed by atoms with Crippen molar-refractivity contribution in [3.05, 3.63) is 59.4 Å². The van der Waals surface area contributed by atoms with Gasteiger partial charge in [0, 0.05) is 18.0 Å². The first-order chi connectivity index (χ1) is 11.9. The van der Waals surface area contributed by atoms with Gasteiger partial charge in [-0.3, -0.25) is 0 Å². The predicted molar refractivity (Wildman–Crippen MR) is 89.6 cm³/mol. The third-order valence-electron chi connectivity index (χ3n) is 3.74. The average Bonchev–Trinajstić information content (AvgIpc) is 2.59. The number of aryl methyl sites for hydroxylation is 1. The molecule has 1 heterocycles. The molecular weight excluding hydrogens is 331 g/mol. The second-order valence-corrected chi connectivity index (χ2v) is 5.62. The quantitative estimate of drug-likeness (QED) is 0.751. The summed E-state index contributed by atoms with van der Waals surface area (Å²) >= 11 is 0. The van der Waals surface area contributed by atoms with Crippen molar-refractivity contribution in [3.8, 4) is 5.75 Å². The molecule has 0 bridgehead atoms. The van der Waals surface area contributed by atoms with Crippen LogP contribution < -0.4 is 10.1 Å². The van der Waals surface area contributed by atoms with Gasteiger partial charge in [0.15, 0.2) is 0 Å². The third-order valence-corrected chi connectivity index (χ3v) is 3.74. The lowest BCUT2D eigenvalue weighted by molar-refractivity contribution is -0.144. The number of nitrogens with one attached hydrogen (secondary N) is 1. The van der Waals surface area contributed by atoms with Crippen molar-refractivity contribution in [2.75, 3.05) is 12.4 Å². The molecule has 7 heteroatoms. The molecule has 4 nitrogen and oxygen atoms in total. The molecule has 0 spiro atoms. The Kier molecular flexibility index (Phi) is 4.48. The lowest BCUT2D eigenvalue weighted by atomic mass is 10.1. The van der Waals surface area contributed by atoms with Gasteiger partial charge in [0.25, 0.3) is 0 Å². The number of ether oxygens (including phenoxy) is 1. The Morgan fingerprint density at radius 3 is 2.40 bits per heavy atom. The summed E-state index contributed by atoms with van der Waals surface area (Å²) in [5.74, 6) is -0.607. The zero-order valence-electron chi connectivity index (χ0n) is 13.7. The minimum absolute atomic E-state index is 0.139. The van der Waals surface area contributed by atoms with Crippen LogP contribution in [0.3, 0.4) is 0 Å². The summed E-state index contributed by atoms with van der Waals surface area (Å²) in [4.78, 5) is 7.30. The Labute approximate surface area is 142 Å². The first-order valence-corrected chi connectivity index (χ1v) is 7.59. The van der Waals surface area contributed by atoms with Gasteiger partial charge in [-0.15, -0.1) is 0 Å². The number of halogens is 3. The van der Waals surface area contributed by atoms with Gasteiger partial charge in [0.1, 0.15) is 11.6 Å². The fraction of sp³-hybridized carbons (Fsp3) is 0.222. The molecule has 0 aliphatic carbocycles. The van der Waals surface area contributed by atoms with Gasteiger partial charge in [-0.25, -0.2) is 9.97 Å². The van der Waals surface area contributed by atoms with E-state index in [1.807, 2.05) is 31.2 Å². The number of benzene rings is 2. The molecule has 0 aliphatic rings. The lowest BCUT2D eigenvalue weighted by Crippen LogP contribution is -2.13. The molecule has 25 heavy (non-hydrogen) atoms. The molecule has 0 atom stereocenters. The number of aromatic nitrogens is 2. The summed E-state index contributed by atoms with van der Waals surface area (Å²) < 4.78 is 44.4. The van der Waals surface area contributed by atoms with Crippen molar-refractivity contribution in [2.45, 2.75) is 19.6 Å². The summed E-state index contributed by atoms with van der Waals surface area (Å²) in [6.07, 6.45) is -4.63. The molecule has 1 aromatic heterocycles. The normalized spacial score (nSPS) is 11.6. The Morgan fingerprint density at radius 1 is 1.04 bits per heavy atom. The number of methoxy groups -OCH3 is 1. The van der Waals surface area contributed by atoms with Crippen LogP contribution in [0, 0.1) is 6.92 Å². The maximum atomic E-state index is 13.1. The van der Waals surface area contributed by atoms with Crippen molar-refractivity contribution in [3.63, 3.8) is 0 Å². The van der Waals surface area contributed by atoms with Gasteiger partial charge >= 0.3 is 6.18 Å². The number of fused-ring (bicyclic) bond motifs is 1. The van der Waals surface area contributed by atoms with Crippen LogP contribution >= 0.6 is 0 Å². The topological polar surface area (TPSA) is 47.0 Å². The van der Waals surface area contributed by atoms with E-state index in [-0.39, 0.29) is 11.3 Å². The number of rotatable bonds is 4. The molecule has 3 rings (SSSR count). The van der Waals surface area contributed by atoms with Gasteiger partial charge < -0.3 is 10.1 Å². The first kappa shape index (κ1) is 17.0. The molecule has 130 valence electrons. The minimum atomic E-state index is -4.63. The smallest absolute Gasteiger partial charge is 0.451 e. The first-order valence-electron chi connectivity index (χ1n) is 7.59. The van der Waals surface area contributed by atoms with Crippen LogP contribution in [-0.4, -0.2) is 17.1 Å². The number of alkyl halides is 3. The van der Waals surface area contributed by atoms with Gasteiger partial charge in [0.05, 0.1) is 12.6 Å². The Hall–Kier alpha value is -2.83. The van der Waals surface area contributed by atoms with Crippen molar-refractivity contribution < 1.29 is 17.9 Å². The van der Waals surface area contributed by atoms with Gasteiger partial charge in [-0.05, 0) is 24.6 Å². The van der Waals surface area contributed by atoms with E-state index in [1.54, 1.807) is 12.1 Å². The van der Waals surface area contributed by atoms with E-state index < -0.39 is 12.0 Å². The highest BCUT2D eigenvalue weighted by Crippen LogP contribution is 2.31. The maximum absolute atomic E-state index is 13.1.